The Balaban J connectivity index is 1.75. The monoisotopic (exact) mass is 301 g/mol. The smallest absolute Gasteiger partial charge is 0.259 e. The van der Waals surface area contributed by atoms with Gasteiger partial charge in [0.25, 0.3) is 5.89 Å². The van der Waals surface area contributed by atoms with Gasteiger partial charge >= 0.3 is 0 Å². The summed E-state index contributed by atoms with van der Waals surface area (Å²) in [6.45, 7) is 6.12. The summed E-state index contributed by atoms with van der Waals surface area (Å²) in [4.78, 5) is 22.3. The van der Waals surface area contributed by atoms with Gasteiger partial charge in [-0.2, -0.15) is 4.98 Å². The highest BCUT2D eigenvalue weighted by Crippen LogP contribution is 2.21. The number of nitrogens with one attached hydrogen (secondary N) is 1. The fourth-order valence-electron chi connectivity index (χ4n) is 2.28. The van der Waals surface area contributed by atoms with Gasteiger partial charge in [-0.1, -0.05) is 19.0 Å². The van der Waals surface area contributed by atoms with Gasteiger partial charge in [0.2, 0.25) is 5.91 Å². The van der Waals surface area contributed by atoms with E-state index in [-0.39, 0.29) is 11.8 Å². The van der Waals surface area contributed by atoms with Crippen LogP contribution in [0, 0.1) is 0 Å². The molecule has 3 heterocycles. The average molecular weight is 301 g/mol. The van der Waals surface area contributed by atoms with Gasteiger partial charge in [0, 0.05) is 38.2 Å². The Kier molecular flexibility index (Phi) is 4.04. The maximum Gasteiger partial charge on any atom is 0.259 e. The van der Waals surface area contributed by atoms with Crippen LogP contribution in [-0.2, 0) is 4.79 Å². The van der Waals surface area contributed by atoms with Crippen LogP contribution in [0.4, 0.5) is 5.82 Å². The second-order valence-corrected chi connectivity index (χ2v) is 5.60. The molecule has 0 aromatic carbocycles. The van der Waals surface area contributed by atoms with Crippen LogP contribution in [0.1, 0.15) is 32.0 Å². The molecule has 0 bridgehead atoms. The van der Waals surface area contributed by atoms with Gasteiger partial charge in [0.1, 0.15) is 5.82 Å². The molecule has 3 rings (SSSR count). The first kappa shape index (κ1) is 14.5. The van der Waals surface area contributed by atoms with Gasteiger partial charge in [-0.3, -0.25) is 4.79 Å². The zero-order valence-corrected chi connectivity index (χ0v) is 12.7. The van der Waals surface area contributed by atoms with E-state index in [1.165, 1.54) is 0 Å². The van der Waals surface area contributed by atoms with Crippen LogP contribution in [0.2, 0.25) is 0 Å². The summed E-state index contributed by atoms with van der Waals surface area (Å²) in [5.41, 5.74) is 0.798. The van der Waals surface area contributed by atoms with Crippen molar-refractivity contribution in [2.45, 2.75) is 26.2 Å². The maximum absolute atomic E-state index is 11.4. The molecule has 116 valence electrons. The van der Waals surface area contributed by atoms with E-state index < -0.39 is 0 Å². The molecule has 1 aliphatic heterocycles. The molecule has 0 spiro atoms. The Morgan fingerprint density at radius 1 is 1.32 bits per heavy atom. The molecule has 0 atom stereocenters. The lowest BCUT2D eigenvalue weighted by atomic mass is 10.2. The van der Waals surface area contributed by atoms with Crippen molar-refractivity contribution in [1.29, 1.82) is 0 Å². The minimum absolute atomic E-state index is 0.0891. The predicted molar refractivity (Wildman–Crippen MR) is 81.5 cm³/mol. The number of carbonyl (C=O) groups is 1. The van der Waals surface area contributed by atoms with Gasteiger partial charge in [0.15, 0.2) is 5.82 Å². The molecule has 0 radical (unpaired) electrons. The molecule has 0 aliphatic carbocycles. The third-order valence-electron chi connectivity index (χ3n) is 3.59. The summed E-state index contributed by atoms with van der Waals surface area (Å²) in [5.74, 6) is 2.34. The standard InChI is InChI=1S/C15H19N5O2/c1-10(2)14-18-15(22-19-14)11-3-4-12(17-9-11)20-7-5-13(21)16-6-8-20/h3-4,9-10H,5-8H2,1-2H3,(H,16,21). The Labute approximate surface area is 128 Å². The van der Waals surface area contributed by atoms with E-state index >= 15 is 0 Å². The van der Waals surface area contributed by atoms with Crippen LogP contribution >= 0.6 is 0 Å². The second kappa shape index (κ2) is 6.13. The summed E-state index contributed by atoms with van der Waals surface area (Å²) in [6.07, 6.45) is 2.22. The van der Waals surface area contributed by atoms with Crippen molar-refractivity contribution in [1.82, 2.24) is 20.4 Å². The van der Waals surface area contributed by atoms with Crippen LogP contribution in [0.3, 0.4) is 0 Å². The number of anilines is 1. The highest BCUT2D eigenvalue weighted by molar-refractivity contribution is 5.77. The molecule has 2 aromatic rings. The molecule has 7 nitrogen and oxygen atoms in total. The minimum Gasteiger partial charge on any atom is -0.354 e. The first-order valence-corrected chi connectivity index (χ1v) is 7.45. The molecule has 0 unspecified atom stereocenters. The number of aromatic nitrogens is 3. The number of rotatable bonds is 3. The summed E-state index contributed by atoms with van der Waals surface area (Å²) in [5, 5.41) is 6.81. The van der Waals surface area contributed by atoms with Crippen molar-refractivity contribution in [2.24, 2.45) is 0 Å². The van der Waals surface area contributed by atoms with Gasteiger partial charge in [0.05, 0.1) is 5.56 Å². The maximum atomic E-state index is 11.4. The van der Waals surface area contributed by atoms with E-state index in [9.17, 15) is 4.79 Å². The number of amides is 1. The van der Waals surface area contributed by atoms with Crippen LogP contribution in [0.15, 0.2) is 22.9 Å². The van der Waals surface area contributed by atoms with Crippen molar-refractivity contribution in [3.8, 4) is 11.5 Å². The Morgan fingerprint density at radius 2 is 2.18 bits per heavy atom. The lowest BCUT2D eigenvalue weighted by Crippen LogP contribution is -2.28. The average Bonchev–Trinajstić information content (AvgIpc) is 2.92. The van der Waals surface area contributed by atoms with Gasteiger partial charge in [-0.25, -0.2) is 4.98 Å². The molecule has 1 aliphatic rings. The highest BCUT2D eigenvalue weighted by Gasteiger charge is 2.16. The lowest BCUT2D eigenvalue weighted by molar-refractivity contribution is -0.120. The molecule has 1 N–H and O–H groups in total. The predicted octanol–water partition coefficient (Wildman–Crippen LogP) is 1.58. The summed E-state index contributed by atoms with van der Waals surface area (Å²) < 4.78 is 5.26. The molecule has 22 heavy (non-hydrogen) atoms. The Bertz CT molecular complexity index is 650. The molecule has 0 saturated carbocycles. The molecule has 1 amide bonds. The van der Waals surface area contributed by atoms with Crippen molar-refractivity contribution in [2.75, 3.05) is 24.5 Å². The minimum atomic E-state index is 0.0891. The Hall–Kier alpha value is -2.44. The van der Waals surface area contributed by atoms with Crippen molar-refractivity contribution in [3.63, 3.8) is 0 Å². The fraction of sp³-hybridized carbons (Fsp3) is 0.467. The van der Waals surface area contributed by atoms with Crippen LogP contribution < -0.4 is 10.2 Å². The third-order valence-corrected chi connectivity index (χ3v) is 3.59. The van der Waals surface area contributed by atoms with Crippen molar-refractivity contribution < 1.29 is 9.32 Å². The molecule has 2 aromatic heterocycles. The van der Waals surface area contributed by atoms with Crippen LogP contribution in [0.25, 0.3) is 11.5 Å². The topological polar surface area (TPSA) is 84.2 Å². The van der Waals surface area contributed by atoms with Crippen molar-refractivity contribution in [3.05, 3.63) is 24.2 Å². The fourth-order valence-corrected chi connectivity index (χ4v) is 2.28. The number of pyridine rings is 1. The zero-order valence-electron chi connectivity index (χ0n) is 12.7. The summed E-state index contributed by atoms with van der Waals surface area (Å²) in [7, 11) is 0. The number of nitrogens with zero attached hydrogens (tertiary/aromatic N) is 4. The SMILES string of the molecule is CC(C)c1noc(-c2ccc(N3CCNC(=O)CC3)nc2)n1. The van der Waals surface area contributed by atoms with Crippen LogP contribution in [-0.4, -0.2) is 40.7 Å². The molecule has 7 heteroatoms. The molecular weight excluding hydrogens is 282 g/mol. The van der Waals surface area contributed by atoms with Gasteiger partial charge in [-0.05, 0) is 12.1 Å². The van der Waals surface area contributed by atoms with Gasteiger partial charge < -0.3 is 14.7 Å². The molecular formula is C15H19N5O2. The molecule has 1 saturated heterocycles. The summed E-state index contributed by atoms with van der Waals surface area (Å²) >= 11 is 0. The number of hydrogen-bond acceptors (Lipinski definition) is 6. The molecule has 1 fully saturated rings. The lowest BCUT2D eigenvalue weighted by Gasteiger charge is -2.20. The van der Waals surface area contributed by atoms with E-state index in [4.69, 9.17) is 4.52 Å². The normalized spacial score (nSPS) is 15.8. The van der Waals surface area contributed by atoms with E-state index in [1.807, 2.05) is 26.0 Å². The first-order chi connectivity index (χ1) is 10.6. The second-order valence-electron chi connectivity index (χ2n) is 5.60. The Morgan fingerprint density at radius 3 is 2.86 bits per heavy atom. The van der Waals surface area contributed by atoms with E-state index in [0.717, 1.165) is 17.9 Å². The summed E-state index contributed by atoms with van der Waals surface area (Å²) in [6, 6.07) is 3.84. The quantitative estimate of drug-likeness (QED) is 0.926. The van der Waals surface area contributed by atoms with E-state index in [0.29, 0.717) is 31.2 Å². The van der Waals surface area contributed by atoms with E-state index in [2.05, 4.69) is 25.3 Å². The largest absolute Gasteiger partial charge is 0.354 e. The zero-order chi connectivity index (χ0) is 15.5. The number of carbonyl (C=O) groups excluding carboxylic acids is 1. The third kappa shape index (κ3) is 3.08. The van der Waals surface area contributed by atoms with Gasteiger partial charge in [-0.15, -0.1) is 0 Å². The highest BCUT2D eigenvalue weighted by atomic mass is 16.5. The van der Waals surface area contributed by atoms with Crippen LogP contribution in [0.5, 0.6) is 0 Å². The van der Waals surface area contributed by atoms with E-state index in [1.54, 1.807) is 6.20 Å². The first-order valence-electron chi connectivity index (χ1n) is 7.45. The van der Waals surface area contributed by atoms with Crippen molar-refractivity contribution >= 4 is 11.7 Å². The number of hydrogen-bond donors (Lipinski definition) is 1.